The molecule has 0 unspecified atom stereocenters. The summed E-state index contributed by atoms with van der Waals surface area (Å²) < 4.78 is 16.1. The van der Waals surface area contributed by atoms with Gasteiger partial charge in [0.2, 0.25) is 0 Å². The van der Waals surface area contributed by atoms with Gasteiger partial charge in [0.05, 0.1) is 18.8 Å². The third-order valence-electron chi connectivity index (χ3n) is 2.99. The topological polar surface area (TPSA) is 30.9 Å². The zero-order valence-electron chi connectivity index (χ0n) is 9.53. The predicted octanol–water partition coefficient (Wildman–Crippen LogP) is 0.367. The van der Waals surface area contributed by atoms with Gasteiger partial charge in [-0.05, 0) is 13.5 Å². The van der Waals surface area contributed by atoms with E-state index in [1.807, 2.05) is 0 Å². The van der Waals surface area contributed by atoms with Crippen LogP contribution in [-0.2, 0) is 14.2 Å². The van der Waals surface area contributed by atoms with Crippen molar-refractivity contribution in [3.63, 3.8) is 0 Å². The lowest BCUT2D eigenvalue weighted by atomic mass is 9.97. The summed E-state index contributed by atoms with van der Waals surface area (Å²) in [5.41, 5.74) is 0. The van der Waals surface area contributed by atoms with Crippen molar-refractivity contribution in [1.82, 2.24) is 4.90 Å². The highest BCUT2D eigenvalue weighted by atomic mass is 16.5. The number of likely N-dealkylation sites (tertiary alicyclic amines) is 1. The van der Waals surface area contributed by atoms with Gasteiger partial charge >= 0.3 is 0 Å². The first-order valence-electron chi connectivity index (χ1n) is 4.99. The molecule has 0 saturated carbocycles. The van der Waals surface area contributed by atoms with E-state index in [1.165, 1.54) is 0 Å². The van der Waals surface area contributed by atoms with Crippen LogP contribution in [0.15, 0.2) is 0 Å². The van der Waals surface area contributed by atoms with E-state index in [0.29, 0.717) is 12.6 Å². The van der Waals surface area contributed by atoms with Crippen molar-refractivity contribution in [2.45, 2.75) is 24.7 Å². The van der Waals surface area contributed by atoms with Crippen molar-refractivity contribution >= 4 is 0 Å². The van der Waals surface area contributed by atoms with E-state index in [-0.39, 0.29) is 12.2 Å². The Kier molecular flexibility index (Phi) is 4.81. The summed E-state index contributed by atoms with van der Waals surface area (Å²) in [5, 5.41) is 0. The second-order valence-electron chi connectivity index (χ2n) is 3.77. The average Bonchev–Trinajstić information content (AvgIpc) is 2.21. The fraction of sp³-hybridized carbons (Fsp3) is 1.00. The van der Waals surface area contributed by atoms with Gasteiger partial charge < -0.3 is 14.2 Å². The van der Waals surface area contributed by atoms with Gasteiger partial charge in [-0.1, -0.05) is 0 Å². The van der Waals surface area contributed by atoms with Crippen molar-refractivity contribution in [3.8, 4) is 0 Å². The Bertz CT molecular complexity index is 165. The molecule has 0 N–H and O–H groups in total. The van der Waals surface area contributed by atoms with Gasteiger partial charge in [0.1, 0.15) is 6.10 Å². The van der Waals surface area contributed by atoms with Crippen LogP contribution >= 0.6 is 0 Å². The van der Waals surface area contributed by atoms with Crippen molar-refractivity contribution in [2.24, 2.45) is 0 Å². The number of rotatable bonds is 4. The average molecular weight is 203 g/mol. The zero-order valence-corrected chi connectivity index (χ0v) is 9.53. The number of nitrogens with zero attached hydrogens (tertiary/aromatic N) is 1. The maximum Gasteiger partial charge on any atom is 0.101 e. The molecule has 0 aromatic heterocycles. The van der Waals surface area contributed by atoms with Gasteiger partial charge in [-0.3, -0.25) is 4.90 Å². The Labute approximate surface area is 86.1 Å². The molecule has 1 heterocycles. The van der Waals surface area contributed by atoms with Crippen LogP contribution in [0.4, 0.5) is 0 Å². The van der Waals surface area contributed by atoms with Crippen molar-refractivity contribution in [1.29, 1.82) is 0 Å². The predicted molar refractivity (Wildman–Crippen MR) is 54.5 cm³/mol. The molecular formula is C10H21NO3. The molecule has 0 aliphatic carbocycles. The van der Waals surface area contributed by atoms with E-state index in [4.69, 9.17) is 14.2 Å². The van der Waals surface area contributed by atoms with E-state index in [1.54, 1.807) is 21.3 Å². The molecule has 1 rings (SSSR count). The molecular weight excluding hydrogens is 182 g/mol. The third kappa shape index (κ3) is 2.45. The van der Waals surface area contributed by atoms with Crippen molar-refractivity contribution in [3.05, 3.63) is 0 Å². The first-order chi connectivity index (χ1) is 6.74. The van der Waals surface area contributed by atoms with Crippen LogP contribution in [0.1, 0.15) is 6.42 Å². The minimum absolute atomic E-state index is 0.110. The van der Waals surface area contributed by atoms with E-state index in [2.05, 4.69) is 11.9 Å². The highest BCUT2D eigenvalue weighted by Crippen LogP contribution is 2.21. The molecule has 0 amide bonds. The third-order valence-corrected chi connectivity index (χ3v) is 2.99. The molecule has 0 radical (unpaired) electrons. The molecule has 0 aromatic carbocycles. The SMILES string of the molecule is COC[C@@H]1[C@@H](OC)[C@H](OC)CCN1C. The molecule has 0 spiro atoms. The Morgan fingerprint density at radius 3 is 2.43 bits per heavy atom. The minimum atomic E-state index is 0.110. The Morgan fingerprint density at radius 2 is 1.93 bits per heavy atom. The van der Waals surface area contributed by atoms with Crippen LogP contribution in [0.5, 0.6) is 0 Å². The summed E-state index contributed by atoms with van der Waals surface area (Å²) in [7, 11) is 7.29. The van der Waals surface area contributed by atoms with Gasteiger partial charge in [-0.25, -0.2) is 0 Å². The van der Waals surface area contributed by atoms with E-state index in [0.717, 1.165) is 13.0 Å². The van der Waals surface area contributed by atoms with Gasteiger partial charge in [-0.15, -0.1) is 0 Å². The maximum absolute atomic E-state index is 5.48. The molecule has 1 aliphatic rings. The molecule has 4 heteroatoms. The summed E-state index contributed by atoms with van der Waals surface area (Å²) in [6, 6.07) is 0.295. The standard InChI is InChI=1S/C10H21NO3/c1-11-6-5-9(13-3)10(14-4)8(11)7-12-2/h8-10H,5-7H2,1-4H3/t8-,9-,10-/m1/s1. The summed E-state index contributed by atoms with van der Waals surface area (Å²) in [4.78, 5) is 2.27. The molecule has 4 nitrogen and oxygen atoms in total. The fourth-order valence-electron chi connectivity index (χ4n) is 2.11. The van der Waals surface area contributed by atoms with Gasteiger partial charge in [0.25, 0.3) is 0 Å². The summed E-state index contributed by atoms with van der Waals surface area (Å²) in [6.07, 6.45) is 1.32. The lowest BCUT2D eigenvalue weighted by Crippen LogP contribution is -2.56. The Morgan fingerprint density at radius 1 is 1.21 bits per heavy atom. The lowest BCUT2D eigenvalue weighted by molar-refractivity contribution is -0.117. The molecule has 1 fully saturated rings. The number of methoxy groups -OCH3 is 3. The number of likely N-dealkylation sites (N-methyl/N-ethyl adjacent to an activating group) is 1. The van der Waals surface area contributed by atoms with E-state index >= 15 is 0 Å². The monoisotopic (exact) mass is 203 g/mol. The summed E-state index contributed by atoms with van der Waals surface area (Å²) >= 11 is 0. The number of ether oxygens (including phenoxy) is 3. The van der Waals surface area contributed by atoms with Crippen LogP contribution in [0, 0.1) is 0 Å². The van der Waals surface area contributed by atoms with Crippen LogP contribution in [0.2, 0.25) is 0 Å². The molecule has 1 aliphatic heterocycles. The summed E-state index contributed by atoms with van der Waals surface area (Å²) in [5.74, 6) is 0. The molecule has 3 atom stereocenters. The largest absolute Gasteiger partial charge is 0.383 e. The summed E-state index contributed by atoms with van der Waals surface area (Å²) in [6.45, 7) is 1.72. The van der Waals surface area contributed by atoms with Gasteiger partial charge in [0, 0.05) is 27.9 Å². The Balaban J connectivity index is 2.63. The van der Waals surface area contributed by atoms with Gasteiger partial charge in [-0.2, -0.15) is 0 Å². The van der Waals surface area contributed by atoms with Crippen LogP contribution in [0.3, 0.4) is 0 Å². The second kappa shape index (κ2) is 5.66. The van der Waals surface area contributed by atoms with E-state index in [9.17, 15) is 0 Å². The second-order valence-corrected chi connectivity index (χ2v) is 3.77. The number of piperidine rings is 1. The zero-order chi connectivity index (χ0) is 10.6. The smallest absolute Gasteiger partial charge is 0.101 e. The highest BCUT2D eigenvalue weighted by Gasteiger charge is 2.36. The van der Waals surface area contributed by atoms with Crippen molar-refractivity contribution < 1.29 is 14.2 Å². The molecule has 1 saturated heterocycles. The van der Waals surface area contributed by atoms with Gasteiger partial charge in [0.15, 0.2) is 0 Å². The first kappa shape index (κ1) is 11.9. The molecule has 0 aromatic rings. The number of hydrogen-bond donors (Lipinski definition) is 0. The number of hydrogen-bond acceptors (Lipinski definition) is 4. The van der Waals surface area contributed by atoms with Crippen LogP contribution in [-0.4, -0.2) is 64.7 Å². The molecule has 84 valence electrons. The first-order valence-corrected chi connectivity index (χ1v) is 4.99. The Hall–Kier alpha value is -0.160. The van der Waals surface area contributed by atoms with Crippen molar-refractivity contribution in [2.75, 3.05) is 41.5 Å². The fourth-order valence-corrected chi connectivity index (χ4v) is 2.11. The van der Waals surface area contributed by atoms with E-state index < -0.39 is 0 Å². The maximum atomic E-state index is 5.48. The normalized spacial score (nSPS) is 34.7. The molecule has 14 heavy (non-hydrogen) atoms. The lowest BCUT2D eigenvalue weighted by Gasteiger charge is -2.42. The quantitative estimate of drug-likeness (QED) is 0.660. The minimum Gasteiger partial charge on any atom is -0.383 e. The van der Waals surface area contributed by atoms with Crippen LogP contribution < -0.4 is 0 Å². The highest BCUT2D eigenvalue weighted by molar-refractivity contribution is 4.89. The van der Waals surface area contributed by atoms with Crippen LogP contribution in [0.25, 0.3) is 0 Å². The molecule has 0 bridgehead atoms.